The number of aromatic nitrogens is 4. The molecule has 96 valence electrons. The molecule has 0 aliphatic heterocycles. The summed E-state index contributed by atoms with van der Waals surface area (Å²) in [6.45, 7) is 3.80. The second-order valence-electron chi connectivity index (χ2n) is 4.33. The quantitative estimate of drug-likeness (QED) is 0.749. The van der Waals surface area contributed by atoms with E-state index in [2.05, 4.69) is 31.0 Å². The Hall–Kier alpha value is -1.95. The smallest absolute Gasteiger partial charge is 0.182 e. The molecule has 6 heteroatoms. The first-order valence-corrected chi connectivity index (χ1v) is 6.61. The maximum absolute atomic E-state index is 6.02. The van der Waals surface area contributed by atoms with Crippen molar-refractivity contribution in [3.63, 3.8) is 0 Å². The molecule has 0 bridgehead atoms. The van der Waals surface area contributed by atoms with E-state index in [4.69, 9.17) is 5.73 Å². The molecule has 19 heavy (non-hydrogen) atoms. The number of imidazole rings is 1. The van der Waals surface area contributed by atoms with Gasteiger partial charge in [-0.1, -0.05) is 28.1 Å². The lowest BCUT2D eigenvalue weighted by atomic mass is 10.2. The second-order valence-corrected chi connectivity index (χ2v) is 5.25. The first-order valence-electron chi connectivity index (χ1n) is 5.81. The molecule has 0 saturated heterocycles. The van der Waals surface area contributed by atoms with Crippen LogP contribution in [0.2, 0.25) is 0 Å². The first-order chi connectivity index (χ1) is 9.06. The molecule has 0 amide bonds. The summed E-state index contributed by atoms with van der Waals surface area (Å²) in [5, 5.41) is 4.50. The van der Waals surface area contributed by atoms with Gasteiger partial charge in [0.1, 0.15) is 11.3 Å². The summed E-state index contributed by atoms with van der Waals surface area (Å²) >= 11 is 3.41. The molecule has 0 radical (unpaired) electrons. The third-order valence-corrected chi connectivity index (χ3v) is 3.49. The lowest BCUT2D eigenvalue weighted by Crippen LogP contribution is -2.04. The molecule has 2 heterocycles. The number of fused-ring (bicyclic) bond motifs is 1. The number of hydrogen-bond acceptors (Lipinski definition) is 4. The molecule has 0 aliphatic rings. The normalized spacial score (nSPS) is 11.1. The summed E-state index contributed by atoms with van der Waals surface area (Å²) in [5.74, 6) is 1.85. The second kappa shape index (κ2) is 4.31. The average molecular weight is 318 g/mol. The Bertz CT molecular complexity index is 761. The van der Waals surface area contributed by atoms with Gasteiger partial charge in [0.15, 0.2) is 11.6 Å². The van der Waals surface area contributed by atoms with Crippen LogP contribution >= 0.6 is 15.9 Å². The Morgan fingerprint density at radius 1 is 1.11 bits per heavy atom. The Morgan fingerprint density at radius 2 is 1.79 bits per heavy atom. The van der Waals surface area contributed by atoms with Crippen LogP contribution in [0.15, 0.2) is 28.7 Å². The van der Waals surface area contributed by atoms with E-state index in [1.54, 1.807) is 4.52 Å². The number of rotatable bonds is 1. The minimum absolute atomic E-state index is 0.450. The zero-order chi connectivity index (χ0) is 13.6. The van der Waals surface area contributed by atoms with E-state index < -0.39 is 0 Å². The van der Waals surface area contributed by atoms with E-state index >= 15 is 0 Å². The van der Waals surface area contributed by atoms with Crippen molar-refractivity contribution in [2.45, 2.75) is 13.8 Å². The van der Waals surface area contributed by atoms with E-state index in [0.29, 0.717) is 11.6 Å². The Balaban J connectivity index is 2.26. The van der Waals surface area contributed by atoms with Crippen molar-refractivity contribution in [1.82, 2.24) is 19.6 Å². The molecule has 0 fully saturated rings. The van der Waals surface area contributed by atoms with Crippen LogP contribution in [0, 0.1) is 13.8 Å². The van der Waals surface area contributed by atoms with Crippen LogP contribution in [0.1, 0.15) is 11.5 Å². The maximum Gasteiger partial charge on any atom is 0.182 e. The van der Waals surface area contributed by atoms with E-state index in [-0.39, 0.29) is 0 Å². The number of nitrogens with two attached hydrogens (primary N) is 1. The highest BCUT2D eigenvalue weighted by Crippen LogP contribution is 2.22. The average Bonchev–Trinajstić information content (AvgIpc) is 2.66. The number of anilines is 1. The monoisotopic (exact) mass is 317 g/mol. The molecule has 2 aromatic heterocycles. The van der Waals surface area contributed by atoms with Crippen molar-refractivity contribution in [1.29, 1.82) is 0 Å². The van der Waals surface area contributed by atoms with Crippen molar-refractivity contribution in [2.75, 3.05) is 5.73 Å². The lowest BCUT2D eigenvalue weighted by molar-refractivity contribution is 0.862. The minimum Gasteiger partial charge on any atom is -0.382 e. The highest BCUT2D eigenvalue weighted by Gasteiger charge is 2.13. The van der Waals surface area contributed by atoms with Crippen LogP contribution < -0.4 is 5.73 Å². The van der Waals surface area contributed by atoms with Gasteiger partial charge in [0.05, 0.1) is 5.69 Å². The van der Waals surface area contributed by atoms with Gasteiger partial charge >= 0.3 is 0 Å². The van der Waals surface area contributed by atoms with Crippen molar-refractivity contribution in [3.05, 3.63) is 40.3 Å². The van der Waals surface area contributed by atoms with Crippen LogP contribution in [0.5, 0.6) is 0 Å². The molecule has 3 aromatic rings. The van der Waals surface area contributed by atoms with E-state index in [1.165, 1.54) is 0 Å². The van der Waals surface area contributed by atoms with Gasteiger partial charge < -0.3 is 5.73 Å². The highest BCUT2D eigenvalue weighted by molar-refractivity contribution is 9.10. The third kappa shape index (κ3) is 1.98. The van der Waals surface area contributed by atoms with Crippen molar-refractivity contribution >= 4 is 27.3 Å². The van der Waals surface area contributed by atoms with Gasteiger partial charge in [0.2, 0.25) is 0 Å². The van der Waals surface area contributed by atoms with Crippen LogP contribution in [0.3, 0.4) is 0 Å². The summed E-state index contributed by atoms with van der Waals surface area (Å²) in [6.07, 6.45) is 0. The molecule has 0 spiro atoms. The summed E-state index contributed by atoms with van der Waals surface area (Å²) in [5.41, 5.74) is 8.56. The van der Waals surface area contributed by atoms with Crippen molar-refractivity contribution < 1.29 is 0 Å². The largest absolute Gasteiger partial charge is 0.382 e. The molecule has 3 rings (SSSR count). The molecule has 2 N–H and O–H groups in total. The number of nitrogens with zero attached hydrogens (tertiary/aromatic N) is 4. The fourth-order valence-electron chi connectivity index (χ4n) is 2.08. The van der Waals surface area contributed by atoms with Crippen molar-refractivity contribution in [2.24, 2.45) is 0 Å². The van der Waals surface area contributed by atoms with Crippen LogP contribution in [-0.4, -0.2) is 19.6 Å². The molecular weight excluding hydrogens is 306 g/mol. The van der Waals surface area contributed by atoms with E-state index in [0.717, 1.165) is 27.1 Å². The molecule has 0 unspecified atom stereocenters. The van der Waals surface area contributed by atoms with Gasteiger partial charge in [-0.2, -0.15) is 0 Å². The summed E-state index contributed by atoms with van der Waals surface area (Å²) in [6, 6.07) is 7.80. The maximum atomic E-state index is 6.02. The van der Waals surface area contributed by atoms with Crippen molar-refractivity contribution in [3.8, 4) is 11.4 Å². The predicted octanol–water partition coefficient (Wildman–Crippen LogP) is 2.75. The molecule has 0 atom stereocenters. The molecule has 5 nitrogen and oxygen atoms in total. The summed E-state index contributed by atoms with van der Waals surface area (Å²) in [7, 11) is 0. The van der Waals surface area contributed by atoms with E-state index in [9.17, 15) is 0 Å². The fourth-order valence-corrected chi connectivity index (χ4v) is 2.34. The van der Waals surface area contributed by atoms with E-state index in [1.807, 2.05) is 38.1 Å². The number of nitrogen functional groups attached to an aromatic ring is 1. The van der Waals surface area contributed by atoms with Crippen LogP contribution in [0.25, 0.3) is 16.9 Å². The Morgan fingerprint density at radius 3 is 2.47 bits per heavy atom. The third-order valence-electron chi connectivity index (χ3n) is 2.96. The van der Waals surface area contributed by atoms with Crippen LogP contribution in [0.4, 0.5) is 5.82 Å². The van der Waals surface area contributed by atoms with Gasteiger partial charge in [0.25, 0.3) is 0 Å². The highest BCUT2D eigenvalue weighted by atomic mass is 79.9. The number of hydrogen-bond donors (Lipinski definition) is 1. The summed E-state index contributed by atoms with van der Waals surface area (Å²) in [4.78, 5) is 8.74. The number of halogens is 1. The zero-order valence-corrected chi connectivity index (χ0v) is 12.1. The Kier molecular flexibility index (Phi) is 2.74. The SMILES string of the molecule is Cc1nc(C)n2nc(-c3ccc(Br)cc3)nc(N)c12. The topological polar surface area (TPSA) is 69.1 Å². The van der Waals surface area contributed by atoms with Gasteiger partial charge in [-0.25, -0.2) is 14.5 Å². The standard InChI is InChI=1S/C13H12BrN5/c1-7-11-12(15)17-13(18-19(11)8(2)16-7)9-3-5-10(14)6-4-9/h3-6H,1-2H3,(H2,15,17,18). The lowest BCUT2D eigenvalue weighted by Gasteiger charge is -2.05. The zero-order valence-electron chi connectivity index (χ0n) is 10.6. The first kappa shape index (κ1) is 12.1. The molecular formula is C13H12BrN5. The number of aryl methyl sites for hydroxylation is 2. The Labute approximate surface area is 118 Å². The summed E-state index contributed by atoms with van der Waals surface area (Å²) < 4.78 is 2.76. The minimum atomic E-state index is 0.450. The van der Waals surface area contributed by atoms with Crippen LogP contribution in [-0.2, 0) is 0 Å². The fraction of sp³-hybridized carbons (Fsp3) is 0.154. The van der Waals surface area contributed by atoms with Gasteiger partial charge in [-0.05, 0) is 26.0 Å². The molecule has 0 aliphatic carbocycles. The van der Waals surface area contributed by atoms with Gasteiger partial charge in [-0.15, -0.1) is 5.10 Å². The van der Waals surface area contributed by atoms with Gasteiger partial charge in [-0.3, -0.25) is 0 Å². The molecule has 0 saturated carbocycles. The molecule has 1 aromatic carbocycles. The number of benzene rings is 1. The predicted molar refractivity (Wildman–Crippen MR) is 77.8 cm³/mol. The van der Waals surface area contributed by atoms with Gasteiger partial charge in [0, 0.05) is 10.0 Å².